The smallest absolute Gasteiger partial charge is 0.336 e. The van der Waals surface area contributed by atoms with E-state index in [0.29, 0.717) is 49.7 Å². The summed E-state index contributed by atoms with van der Waals surface area (Å²) >= 11 is 0. The lowest BCUT2D eigenvalue weighted by Crippen LogP contribution is -2.72. The molecular formula is C58H88O22. The van der Waals surface area contributed by atoms with Gasteiger partial charge in [-0.1, -0.05) is 72.3 Å². The van der Waals surface area contributed by atoms with E-state index in [1.54, 1.807) is 39.8 Å². The number of ether oxygens (including phenoxy) is 8. The molecule has 26 atom stereocenters. The molecule has 0 aromatic heterocycles. The molecule has 9 aliphatic rings. The van der Waals surface area contributed by atoms with E-state index >= 15 is 0 Å². The van der Waals surface area contributed by atoms with Gasteiger partial charge in [0.05, 0.1) is 49.5 Å². The molecule has 80 heavy (non-hydrogen) atoms. The van der Waals surface area contributed by atoms with E-state index in [1.807, 2.05) is 13.8 Å². The number of aliphatic carboxylic acids is 1. The van der Waals surface area contributed by atoms with Crippen molar-refractivity contribution in [2.24, 2.45) is 56.2 Å². The Kier molecular flexibility index (Phi) is 16.5. The lowest BCUT2D eigenvalue weighted by Gasteiger charge is -2.72. The predicted molar refractivity (Wildman–Crippen MR) is 278 cm³/mol. The summed E-state index contributed by atoms with van der Waals surface area (Å²) in [6.07, 6.45) is -17.1. The van der Waals surface area contributed by atoms with Crippen LogP contribution < -0.4 is 0 Å². The van der Waals surface area contributed by atoms with Gasteiger partial charge in [0.2, 0.25) is 0 Å². The van der Waals surface area contributed by atoms with Crippen molar-refractivity contribution in [2.45, 2.75) is 231 Å². The number of carboxylic acid groups (broad SMARTS) is 1. The second kappa shape index (κ2) is 21.5. The van der Waals surface area contributed by atoms with Gasteiger partial charge in [-0.3, -0.25) is 0 Å². The standard InChI is InChI=1S/C58H88O22/c1-12-25(3)47(71)77-43-44(78-48(72)26(4)13-2)57(24-61)28(20-52(43,5)6)27-14-15-32-54(9)18-17-34(53(7,8)31(54)16-19-55(32,10)56(27,11)21-33(57)62)75-51-41(76-49-40(67)38(65)36(63)29(22-59)73-49)35-42(68)58(35,45(79-51)46(69)70)80-50-39(66)37(64)30(23-60)74-50/h12-14,28-45,49-51,59-68H,15-24H2,1-11H3,(H,69,70)/b25-12-,26-13-/t28?,29?,30-,31?,32?,33+,34-,35?,36-,37?,38?,39?,40?,41?,42-,43-,44-,45?,49-,50-,51+,54-,55+,56+,57-,58?/m0/s1. The fraction of sp³-hybridized carbons (Fsp3) is 0.845. The number of carbonyl (C=O) groups excluding carboxylic acids is 2. The second-order valence-corrected chi connectivity index (χ2v) is 26.8. The topological polar surface area (TPSA) is 348 Å². The van der Waals surface area contributed by atoms with E-state index < -0.39 is 187 Å². The van der Waals surface area contributed by atoms with Gasteiger partial charge in [0, 0.05) is 16.6 Å². The van der Waals surface area contributed by atoms with Crippen LogP contribution in [-0.2, 0) is 52.3 Å². The molecule has 3 aliphatic heterocycles. The number of rotatable bonds is 14. The highest BCUT2D eigenvalue weighted by Gasteiger charge is 2.82. The largest absolute Gasteiger partial charge is 0.479 e. The molecule has 22 heteroatoms. The van der Waals surface area contributed by atoms with Crippen molar-refractivity contribution in [3.05, 3.63) is 34.9 Å². The zero-order valence-electron chi connectivity index (χ0n) is 47.8. The summed E-state index contributed by atoms with van der Waals surface area (Å²) in [4.78, 5) is 40.7. The number of aliphatic hydroxyl groups is 10. The average Bonchev–Trinajstić information content (AvgIpc) is 4.02. The molecule has 6 aliphatic carbocycles. The molecule has 3 saturated heterocycles. The number of carbonyl (C=O) groups is 3. The Morgan fingerprint density at radius 3 is 1.84 bits per heavy atom. The van der Waals surface area contributed by atoms with Crippen molar-refractivity contribution in [3.8, 4) is 0 Å². The normalized spacial score (nSPS) is 50.4. The minimum atomic E-state index is -2.23. The van der Waals surface area contributed by atoms with Crippen molar-refractivity contribution < 1.29 is 108 Å². The Hall–Kier alpha value is -3.01. The van der Waals surface area contributed by atoms with Crippen LogP contribution in [0.15, 0.2) is 34.9 Å². The van der Waals surface area contributed by atoms with Crippen LogP contribution in [-0.4, -0.2) is 204 Å². The quantitative estimate of drug-likeness (QED) is 0.0505. The van der Waals surface area contributed by atoms with Crippen LogP contribution in [0.3, 0.4) is 0 Å². The summed E-state index contributed by atoms with van der Waals surface area (Å²) in [7, 11) is 0. The first kappa shape index (κ1) is 61.5. The second-order valence-electron chi connectivity index (χ2n) is 26.8. The van der Waals surface area contributed by atoms with Gasteiger partial charge in [0.25, 0.3) is 0 Å². The highest BCUT2D eigenvalue weighted by atomic mass is 16.8. The van der Waals surface area contributed by atoms with Gasteiger partial charge in [0.1, 0.15) is 60.5 Å². The molecule has 5 saturated carbocycles. The van der Waals surface area contributed by atoms with Gasteiger partial charge in [-0.2, -0.15) is 0 Å². The number of aliphatic hydroxyl groups excluding tert-OH is 10. The van der Waals surface area contributed by atoms with Crippen LogP contribution in [0.5, 0.6) is 0 Å². The highest BCUT2D eigenvalue weighted by molar-refractivity contribution is 5.89. The number of allylic oxidation sites excluding steroid dienone is 4. The summed E-state index contributed by atoms with van der Waals surface area (Å²) in [6, 6.07) is 0. The fourth-order valence-corrected chi connectivity index (χ4v) is 17.1. The molecule has 3 heterocycles. The number of fused-ring (bicyclic) bond motifs is 8. The highest BCUT2D eigenvalue weighted by Crippen LogP contribution is 2.76. The predicted octanol–water partition coefficient (Wildman–Crippen LogP) is 1.29. The van der Waals surface area contributed by atoms with Crippen LogP contribution in [0.1, 0.15) is 121 Å². The molecular weight excluding hydrogens is 1050 g/mol. The van der Waals surface area contributed by atoms with Crippen molar-refractivity contribution >= 4 is 17.9 Å². The third-order valence-corrected chi connectivity index (χ3v) is 22.3. The lowest BCUT2D eigenvalue weighted by atomic mass is 9.33. The van der Waals surface area contributed by atoms with Gasteiger partial charge >= 0.3 is 17.9 Å². The van der Waals surface area contributed by atoms with Gasteiger partial charge in [-0.15, -0.1) is 0 Å². The summed E-state index contributed by atoms with van der Waals surface area (Å²) in [5.41, 5.74) is -4.83. The first-order valence-corrected chi connectivity index (χ1v) is 28.5. The molecule has 0 amide bonds. The third kappa shape index (κ3) is 9.05. The number of esters is 2. The van der Waals surface area contributed by atoms with Crippen LogP contribution >= 0.6 is 0 Å². The molecule has 0 bridgehead atoms. The molecule has 12 unspecified atom stereocenters. The Balaban J connectivity index is 1.03. The van der Waals surface area contributed by atoms with E-state index in [2.05, 4.69) is 40.7 Å². The molecule has 452 valence electrons. The van der Waals surface area contributed by atoms with Gasteiger partial charge in [-0.05, 0) is 112 Å². The van der Waals surface area contributed by atoms with Gasteiger partial charge < -0.3 is 94.1 Å². The van der Waals surface area contributed by atoms with Crippen LogP contribution in [0.2, 0.25) is 0 Å². The van der Waals surface area contributed by atoms with Crippen molar-refractivity contribution in [3.63, 3.8) is 0 Å². The molecule has 0 aromatic rings. The Bertz CT molecular complexity index is 2460. The monoisotopic (exact) mass is 1140 g/mol. The van der Waals surface area contributed by atoms with E-state index in [-0.39, 0.29) is 23.7 Å². The zero-order valence-corrected chi connectivity index (χ0v) is 47.8. The molecule has 9 rings (SSSR count). The molecule has 0 spiro atoms. The molecule has 11 N–H and O–H groups in total. The van der Waals surface area contributed by atoms with E-state index in [9.17, 15) is 70.6 Å². The number of hydrogen-bond donors (Lipinski definition) is 11. The summed E-state index contributed by atoms with van der Waals surface area (Å²) in [6.45, 7) is 19.6. The fourth-order valence-electron chi connectivity index (χ4n) is 17.1. The Morgan fingerprint density at radius 2 is 1.26 bits per heavy atom. The molecule has 0 radical (unpaired) electrons. The number of carboxylic acids is 1. The third-order valence-electron chi connectivity index (χ3n) is 22.3. The Morgan fingerprint density at radius 1 is 0.688 bits per heavy atom. The zero-order chi connectivity index (χ0) is 58.9. The number of hydrogen-bond acceptors (Lipinski definition) is 21. The van der Waals surface area contributed by atoms with E-state index in [0.717, 1.165) is 5.57 Å². The average molecular weight is 1140 g/mol. The van der Waals surface area contributed by atoms with Gasteiger partial charge in [0.15, 0.2) is 31.1 Å². The van der Waals surface area contributed by atoms with Crippen LogP contribution in [0, 0.1) is 56.2 Å². The maximum atomic E-state index is 13.8. The van der Waals surface area contributed by atoms with E-state index in [4.69, 9.17) is 37.9 Å². The SMILES string of the molecule is C/C=C(/C)C(=O)O[C@H]1[C@H](OC(=O)/C(C)=C\C)[C@@]2(CO)C(CC1(C)C)C1=CCC3[C@@]4(C)CC[C@H](O[C@@H]5OC(C(=O)O)C6(O[C@@H]7O[C@@H](CO)C(O)C7O)C(C5O[C@@H]5OC(CO)[C@H](O)C(O)C5O)[C@@H]6O)C(C)(C)C4CC[C@@]3(C)[C@]1(C)C[C@H]2O. The molecule has 8 fully saturated rings. The lowest BCUT2D eigenvalue weighted by molar-refractivity contribution is -0.367. The molecule has 22 nitrogen and oxygen atoms in total. The first-order valence-electron chi connectivity index (χ1n) is 28.5. The summed E-state index contributed by atoms with van der Waals surface area (Å²) < 4.78 is 49.7. The minimum Gasteiger partial charge on any atom is -0.479 e. The molecule has 0 aromatic carbocycles. The van der Waals surface area contributed by atoms with Crippen molar-refractivity contribution in [1.82, 2.24) is 0 Å². The maximum Gasteiger partial charge on any atom is 0.336 e. The summed E-state index contributed by atoms with van der Waals surface area (Å²) in [5, 5.41) is 121. The van der Waals surface area contributed by atoms with E-state index in [1.165, 1.54) is 0 Å². The van der Waals surface area contributed by atoms with Gasteiger partial charge in [-0.25, -0.2) is 14.4 Å². The minimum absolute atomic E-state index is 0.0386. The van der Waals surface area contributed by atoms with Crippen LogP contribution in [0.25, 0.3) is 0 Å². The van der Waals surface area contributed by atoms with Crippen LogP contribution in [0.4, 0.5) is 0 Å². The maximum absolute atomic E-state index is 13.8. The first-order chi connectivity index (χ1) is 37.4. The Labute approximate surface area is 467 Å². The van der Waals surface area contributed by atoms with Crippen molar-refractivity contribution in [1.29, 1.82) is 0 Å². The van der Waals surface area contributed by atoms with Crippen molar-refractivity contribution in [2.75, 3.05) is 19.8 Å². The summed E-state index contributed by atoms with van der Waals surface area (Å²) in [5.74, 6) is -4.68.